The molecule has 0 aliphatic rings. The molecule has 106 valence electrons. The molecular formula is C11H6F5N3O. The number of allylic oxidation sites excluding steroid dienone is 1. The molecule has 9 heteroatoms. The highest BCUT2D eigenvalue weighted by Crippen LogP contribution is 2.22. The number of nitrogens with one attached hydrogen (secondary N) is 1. The maximum Gasteiger partial charge on any atom is 0.430 e. The van der Waals surface area contributed by atoms with Crippen molar-refractivity contribution in [2.24, 2.45) is 5.73 Å². The Morgan fingerprint density at radius 3 is 2.40 bits per heavy atom. The average molecular weight is 291 g/mol. The number of nitrogens with zero attached hydrogens (tertiary/aromatic N) is 1. The highest BCUT2D eigenvalue weighted by atomic mass is 19.4. The summed E-state index contributed by atoms with van der Waals surface area (Å²) in [5, 5.41) is 10.1. The van der Waals surface area contributed by atoms with Crippen LogP contribution in [0.1, 0.15) is 5.56 Å². The van der Waals surface area contributed by atoms with Crippen LogP contribution in [-0.4, -0.2) is 12.1 Å². The van der Waals surface area contributed by atoms with E-state index in [4.69, 9.17) is 5.26 Å². The van der Waals surface area contributed by atoms with Crippen molar-refractivity contribution in [1.29, 1.82) is 5.26 Å². The lowest BCUT2D eigenvalue weighted by atomic mass is 10.2. The van der Waals surface area contributed by atoms with Gasteiger partial charge in [0.2, 0.25) is 0 Å². The number of anilines is 1. The lowest BCUT2D eigenvalue weighted by Crippen LogP contribution is -2.22. The predicted octanol–water partition coefficient (Wildman–Crippen LogP) is 2.18. The van der Waals surface area contributed by atoms with Crippen molar-refractivity contribution in [1.82, 2.24) is 0 Å². The van der Waals surface area contributed by atoms with Gasteiger partial charge in [0.1, 0.15) is 23.4 Å². The minimum Gasteiger partial charge on any atom is -0.395 e. The quantitative estimate of drug-likeness (QED) is 0.647. The molecular weight excluding hydrogens is 285 g/mol. The molecule has 0 aliphatic heterocycles. The zero-order chi connectivity index (χ0) is 15.5. The van der Waals surface area contributed by atoms with Gasteiger partial charge in [0.05, 0.1) is 11.3 Å². The Hall–Kier alpha value is -2.63. The summed E-state index contributed by atoms with van der Waals surface area (Å²) in [5.74, 6) is -3.69. The summed E-state index contributed by atoms with van der Waals surface area (Å²) in [6.45, 7) is 0. The maximum atomic E-state index is 13.3. The molecule has 0 saturated carbocycles. The zero-order valence-corrected chi connectivity index (χ0v) is 9.55. The number of hydrogen-bond acceptors (Lipinski definition) is 3. The minimum absolute atomic E-state index is 0.00442. The first-order valence-electron chi connectivity index (χ1n) is 4.89. The number of benzene rings is 1. The molecule has 0 saturated heterocycles. The van der Waals surface area contributed by atoms with Crippen LogP contribution in [0.4, 0.5) is 27.6 Å². The summed E-state index contributed by atoms with van der Waals surface area (Å²) in [6, 6.07) is 2.34. The third-order valence-corrected chi connectivity index (χ3v) is 2.05. The van der Waals surface area contributed by atoms with E-state index in [9.17, 15) is 26.7 Å². The van der Waals surface area contributed by atoms with E-state index in [1.807, 2.05) is 0 Å². The number of hydrogen-bond donors (Lipinski definition) is 2. The molecule has 1 rings (SSSR count). The number of carbonyl (C=O) groups excluding carboxylic acids is 1. The molecule has 1 aromatic carbocycles. The van der Waals surface area contributed by atoms with Crippen molar-refractivity contribution in [3.8, 4) is 6.07 Å². The lowest BCUT2D eigenvalue weighted by molar-refractivity contribution is -0.113. The third-order valence-electron chi connectivity index (χ3n) is 2.05. The van der Waals surface area contributed by atoms with Gasteiger partial charge in [-0.25, -0.2) is 8.78 Å². The average Bonchev–Trinajstić information content (AvgIpc) is 2.32. The van der Waals surface area contributed by atoms with Crippen LogP contribution in [-0.2, 0) is 4.79 Å². The Bertz CT molecular complexity index is 616. The first-order valence-corrected chi connectivity index (χ1v) is 4.89. The number of halogens is 5. The van der Waals surface area contributed by atoms with Gasteiger partial charge in [0.25, 0.3) is 5.91 Å². The first kappa shape index (κ1) is 15.4. The van der Waals surface area contributed by atoms with Crippen LogP contribution >= 0.6 is 0 Å². The van der Waals surface area contributed by atoms with Gasteiger partial charge in [-0.15, -0.1) is 0 Å². The normalized spacial score (nSPS) is 11.9. The molecule has 4 nitrogen and oxygen atoms in total. The van der Waals surface area contributed by atoms with Gasteiger partial charge in [-0.2, -0.15) is 18.4 Å². The standard InChI is InChI=1S/C11H6F5N3O/c12-6-2-8(7(13)1-5(6)4-17)19-10(20)3-9(18)11(14,15)16/h1-3H,18H2,(H,19,20). The SMILES string of the molecule is N#Cc1cc(F)c(NC(=O)C=C(N)C(F)(F)F)cc1F. The fourth-order valence-electron chi connectivity index (χ4n) is 1.12. The smallest absolute Gasteiger partial charge is 0.395 e. The van der Waals surface area contributed by atoms with Gasteiger partial charge in [0.15, 0.2) is 0 Å². The third kappa shape index (κ3) is 3.68. The first-order chi connectivity index (χ1) is 9.15. The van der Waals surface area contributed by atoms with E-state index in [0.717, 1.165) is 0 Å². The highest BCUT2D eigenvalue weighted by Gasteiger charge is 2.32. The van der Waals surface area contributed by atoms with Crippen LogP contribution in [0.25, 0.3) is 0 Å². The number of rotatable bonds is 2. The van der Waals surface area contributed by atoms with E-state index in [2.05, 4.69) is 5.73 Å². The van der Waals surface area contributed by atoms with Crippen LogP contribution in [0.5, 0.6) is 0 Å². The van der Waals surface area contributed by atoms with Crippen molar-refractivity contribution in [2.75, 3.05) is 5.32 Å². The fourth-order valence-corrected chi connectivity index (χ4v) is 1.12. The summed E-state index contributed by atoms with van der Waals surface area (Å²) in [5.41, 5.74) is 1.58. The van der Waals surface area contributed by atoms with Crippen LogP contribution in [0.2, 0.25) is 0 Å². The highest BCUT2D eigenvalue weighted by molar-refractivity contribution is 5.99. The number of nitriles is 1. The van der Waals surface area contributed by atoms with Crippen molar-refractivity contribution < 1.29 is 26.7 Å². The molecule has 3 N–H and O–H groups in total. The van der Waals surface area contributed by atoms with Crippen LogP contribution in [0.3, 0.4) is 0 Å². The van der Waals surface area contributed by atoms with E-state index in [1.165, 1.54) is 6.07 Å². The Labute approximate surface area is 109 Å². The Balaban J connectivity index is 2.99. The molecule has 1 aromatic rings. The molecule has 0 aliphatic carbocycles. The zero-order valence-electron chi connectivity index (χ0n) is 9.55. The molecule has 0 atom stereocenters. The molecule has 0 spiro atoms. The predicted molar refractivity (Wildman–Crippen MR) is 58.0 cm³/mol. The second-order valence-corrected chi connectivity index (χ2v) is 3.51. The van der Waals surface area contributed by atoms with Gasteiger partial charge in [-0.3, -0.25) is 4.79 Å². The molecule has 0 unspecified atom stereocenters. The summed E-state index contributed by atoms with van der Waals surface area (Å²) in [4.78, 5) is 11.2. The Morgan fingerprint density at radius 2 is 1.90 bits per heavy atom. The molecule has 0 fully saturated rings. The van der Waals surface area contributed by atoms with E-state index in [0.29, 0.717) is 12.1 Å². The summed E-state index contributed by atoms with van der Waals surface area (Å²) < 4.78 is 62.7. The van der Waals surface area contributed by atoms with E-state index >= 15 is 0 Å². The lowest BCUT2D eigenvalue weighted by Gasteiger charge is -2.08. The number of carbonyl (C=O) groups is 1. The van der Waals surface area contributed by atoms with Gasteiger partial charge in [-0.1, -0.05) is 0 Å². The molecule has 20 heavy (non-hydrogen) atoms. The minimum atomic E-state index is -4.91. The largest absolute Gasteiger partial charge is 0.430 e. The summed E-state index contributed by atoms with van der Waals surface area (Å²) in [7, 11) is 0. The second-order valence-electron chi connectivity index (χ2n) is 3.51. The summed E-state index contributed by atoms with van der Waals surface area (Å²) in [6.07, 6.45) is -4.92. The van der Waals surface area contributed by atoms with Crippen molar-refractivity contribution >= 4 is 11.6 Å². The number of alkyl halides is 3. The number of amides is 1. The van der Waals surface area contributed by atoms with Crippen molar-refractivity contribution in [3.05, 3.63) is 41.1 Å². The summed E-state index contributed by atoms with van der Waals surface area (Å²) >= 11 is 0. The Kier molecular flexibility index (Phi) is 4.29. The second kappa shape index (κ2) is 5.56. The van der Waals surface area contributed by atoms with Crippen LogP contribution in [0, 0.1) is 23.0 Å². The van der Waals surface area contributed by atoms with Gasteiger partial charge in [0, 0.05) is 12.1 Å². The van der Waals surface area contributed by atoms with Gasteiger partial charge < -0.3 is 11.1 Å². The van der Waals surface area contributed by atoms with Crippen LogP contribution in [0.15, 0.2) is 23.9 Å². The van der Waals surface area contributed by atoms with E-state index < -0.39 is 40.7 Å². The Morgan fingerprint density at radius 1 is 1.30 bits per heavy atom. The fraction of sp³-hybridized carbons (Fsp3) is 0.0909. The molecule has 0 aromatic heterocycles. The molecule has 0 radical (unpaired) electrons. The molecule has 0 heterocycles. The molecule has 1 amide bonds. The maximum absolute atomic E-state index is 13.3. The van der Waals surface area contributed by atoms with Crippen LogP contribution < -0.4 is 11.1 Å². The van der Waals surface area contributed by atoms with Crippen molar-refractivity contribution in [2.45, 2.75) is 6.18 Å². The number of nitrogens with two attached hydrogens (primary N) is 1. The van der Waals surface area contributed by atoms with Crippen molar-refractivity contribution in [3.63, 3.8) is 0 Å². The molecule has 0 bridgehead atoms. The van der Waals surface area contributed by atoms with E-state index in [1.54, 1.807) is 5.32 Å². The van der Waals surface area contributed by atoms with Gasteiger partial charge in [-0.05, 0) is 6.07 Å². The van der Waals surface area contributed by atoms with E-state index in [-0.39, 0.29) is 6.08 Å². The topological polar surface area (TPSA) is 78.9 Å². The monoisotopic (exact) mass is 291 g/mol. The van der Waals surface area contributed by atoms with Gasteiger partial charge >= 0.3 is 6.18 Å².